The molecule has 0 aromatic carbocycles. The van der Waals surface area contributed by atoms with Crippen molar-refractivity contribution < 1.29 is 0 Å². The smallest absolute Gasteiger partial charge is 0.133 e. The highest BCUT2D eigenvalue weighted by Crippen LogP contribution is 2.13. The first kappa shape index (κ1) is 12.6. The van der Waals surface area contributed by atoms with Crippen molar-refractivity contribution in [1.29, 1.82) is 0 Å². The van der Waals surface area contributed by atoms with Gasteiger partial charge in [-0.3, -0.25) is 0 Å². The molecule has 0 saturated heterocycles. The highest BCUT2D eigenvalue weighted by Gasteiger charge is 2.05. The minimum absolute atomic E-state index is 0.347. The number of aryl methyl sites for hydroxylation is 1. The summed E-state index contributed by atoms with van der Waals surface area (Å²) in [7, 11) is 0. The molecule has 1 rings (SSSR count). The zero-order valence-electron chi connectivity index (χ0n) is 10.2. The highest BCUT2D eigenvalue weighted by atomic mass is 15.0. The third-order valence-corrected chi connectivity index (χ3v) is 2.09. The maximum Gasteiger partial charge on any atom is 0.133 e. The lowest BCUT2D eigenvalue weighted by molar-refractivity contribution is 0.767. The summed E-state index contributed by atoms with van der Waals surface area (Å²) in [6.07, 6.45) is 3.91. The van der Waals surface area contributed by atoms with Crippen molar-refractivity contribution in [3.8, 4) is 0 Å². The van der Waals surface area contributed by atoms with Gasteiger partial charge in [-0.15, -0.1) is 0 Å². The first-order valence-electron chi connectivity index (χ1n) is 5.58. The van der Waals surface area contributed by atoms with E-state index in [4.69, 9.17) is 5.73 Å². The Hall–Kier alpha value is -1.42. The Morgan fingerprint density at radius 3 is 2.75 bits per heavy atom. The molecule has 0 saturated carbocycles. The van der Waals surface area contributed by atoms with Crippen LogP contribution in [0.15, 0.2) is 18.2 Å². The first-order chi connectivity index (χ1) is 7.63. The summed E-state index contributed by atoms with van der Waals surface area (Å²) in [6.45, 7) is 7.47. The second-order valence-electron chi connectivity index (χ2n) is 4.00. The normalized spacial score (nSPS) is 11.3. The van der Waals surface area contributed by atoms with E-state index in [1.807, 2.05) is 25.1 Å². The van der Waals surface area contributed by atoms with Crippen LogP contribution in [0.4, 0.5) is 5.82 Å². The zero-order valence-corrected chi connectivity index (χ0v) is 10.2. The molecule has 0 atom stereocenters. The lowest BCUT2D eigenvalue weighted by Gasteiger charge is -2.08. The minimum atomic E-state index is 0.347. The summed E-state index contributed by atoms with van der Waals surface area (Å²) in [5.41, 5.74) is 6.35. The molecule has 4 heteroatoms. The van der Waals surface area contributed by atoms with Crippen molar-refractivity contribution in [1.82, 2.24) is 9.97 Å². The maximum atomic E-state index is 5.36. The fourth-order valence-corrected chi connectivity index (χ4v) is 1.28. The average Bonchev–Trinajstić information content (AvgIpc) is 2.23. The molecular formula is C12H20N4. The van der Waals surface area contributed by atoms with Crippen molar-refractivity contribution in [2.24, 2.45) is 5.73 Å². The second kappa shape index (κ2) is 6.23. The lowest BCUT2D eigenvalue weighted by atomic mass is 10.2. The standard InChI is InChI=1S/C12H20N4/c1-9(2)12-15-10(3)8-11(16-12)14-7-5-4-6-13/h4-5,8-9H,6-7,13H2,1-3H3,(H,14,15,16)/b5-4+. The van der Waals surface area contributed by atoms with Gasteiger partial charge in [-0.05, 0) is 6.92 Å². The number of rotatable bonds is 5. The van der Waals surface area contributed by atoms with Crippen molar-refractivity contribution in [3.63, 3.8) is 0 Å². The predicted octanol–water partition coefficient (Wildman–Crippen LogP) is 1.84. The van der Waals surface area contributed by atoms with Crippen LogP contribution < -0.4 is 11.1 Å². The number of hydrogen-bond donors (Lipinski definition) is 2. The summed E-state index contributed by atoms with van der Waals surface area (Å²) in [5.74, 6) is 2.10. The Kier molecular flexibility index (Phi) is 4.92. The van der Waals surface area contributed by atoms with Gasteiger partial charge in [0.25, 0.3) is 0 Å². The fraction of sp³-hybridized carbons (Fsp3) is 0.500. The molecule has 4 nitrogen and oxygen atoms in total. The molecule has 3 N–H and O–H groups in total. The van der Waals surface area contributed by atoms with Crippen LogP contribution in [0, 0.1) is 6.92 Å². The average molecular weight is 220 g/mol. The highest BCUT2D eigenvalue weighted by molar-refractivity contribution is 5.36. The summed E-state index contributed by atoms with van der Waals surface area (Å²) in [6, 6.07) is 1.95. The second-order valence-corrected chi connectivity index (χ2v) is 4.00. The zero-order chi connectivity index (χ0) is 12.0. The third-order valence-electron chi connectivity index (χ3n) is 2.09. The van der Waals surface area contributed by atoms with Crippen LogP contribution in [-0.2, 0) is 0 Å². The van der Waals surface area contributed by atoms with E-state index in [1.165, 1.54) is 0 Å². The summed E-state index contributed by atoms with van der Waals surface area (Å²) in [4.78, 5) is 8.83. The van der Waals surface area contributed by atoms with Gasteiger partial charge in [-0.1, -0.05) is 26.0 Å². The number of hydrogen-bond acceptors (Lipinski definition) is 4. The molecule has 0 radical (unpaired) electrons. The van der Waals surface area contributed by atoms with E-state index in [2.05, 4.69) is 29.1 Å². The molecule has 1 aromatic rings. The Morgan fingerprint density at radius 2 is 2.12 bits per heavy atom. The number of nitrogens with two attached hydrogens (primary N) is 1. The van der Waals surface area contributed by atoms with Crippen LogP contribution in [0.3, 0.4) is 0 Å². The van der Waals surface area contributed by atoms with E-state index >= 15 is 0 Å². The van der Waals surface area contributed by atoms with E-state index in [0.29, 0.717) is 12.5 Å². The molecule has 0 aliphatic heterocycles. The molecule has 0 fully saturated rings. The minimum Gasteiger partial charge on any atom is -0.366 e. The van der Waals surface area contributed by atoms with Gasteiger partial charge in [0.05, 0.1) is 0 Å². The number of nitrogens with one attached hydrogen (secondary N) is 1. The molecule has 1 aromatic heterocycles. The number of aromatic nitrogens is 2. The largest absolute Gasteiger partial charge is 0.366 e. The molecule has 0 bridgehead atoms. The van der Waals surface area contributed by atoms with Gasteiger partial charge < -0.3 is 11.1 Å². The maximum absolute atomic E-state index is 5.36. The lowest BCUT2D eigenvalue weighted by Crippen LogP contribution is -2.06. The molecule has 88 valence electrons. The summed E-state index contributed by atoms with van der Waals surface area (Å²) >= 11 is 0. The Labute approximate surface area is 97.0 Å². The van der Waals surface area contributed by atoms with Crippen LogP contribution in [0.5, 0.6) is 0 Å². The van der Waals surface area contributed by atoms with Gasteiger partial charge in [0.1, 0.15) is 11.6 Å². The number of anilines is 1. The molecule has 1 heterocycles. The predicted molar refractivity (Wildman–Crippen MR) is 67.5 cm³/mol. The molecule has 0 unspecified atom stereocenters. The SMILES string of the molecule is Cc1cc(NC/C=C/CN)nc(C(C)C)n1. The molecule has 0 aliphatic carbocycles. The van der Waals surface area contributed by atoms with Crippen LogP contribution in [-0.4, -0.2) is 23.1 Å². The van der Waals surface area contributed by atoms with Gasteiger partial charge in [0.2, 0.25) is 0 Å². The van der Waals surface area contributed by atoms with Crippen LogP contribution in [0.25, 0.3) is 0 Å². The fourth-order valence-electron chi connectivity index (χ4n) is 1.28. The van der Waals surface area contributed by atoms with E-state index in [0.717, 1.165) is 23.9 Å². The van der Waals surface area contributed by atoms with Gasteiger partial charge in [-0.25, -0.2) is 9.97 Å². The van der Waals surface area contributed by atoms with Crippen molar-refractivity contribution in [3.05, 3.63) is 29.7 Å². The molecule has 16 heavy (non-hydrogen) atoms. The van der Waals surface area contributed by atoms with Gasteiger partial charge >= 0.3 is 0 Å². The van der Waals surface area contributed by atoms with Crippen molar-refractivity contribution in [2.45, 2.75) is 26.7 Å². The Balaban J connectivity index is 2.69. The van der Waals surface area contributed by atoms with Crippen molar-refractivity contribution >= 4 is 5.82 Å². The molecular weight excluding hydrogens is 200 g/mol. The van der Waals surface area contributed by atoms with Crippen LogP contribution >= 0.6 is 0 Å². The van der Waals surface area contributed by atoms with E-state index in [9.17, 15) is 0 Å². The van der Waals surface area contributed by atoms with Gasteiger partial charge in [0.15, 0.2) is 0 Å². The van der Waals surface area contributed by atoms with Crippen LogP contribution in [0.2, 0.25) is 0 Å². The Morgan fingerprint density at radius 1 is 1.38 bits per heavy atom. The van der Waals surface area contributed by atoms with E-state index < -0.39 is 0 Å². The molecule has 0 spiro atoms. The summed E-state index contributed by atoms with van der Waals surface area (Å²) < 4.78 is 0. The molecule has 0 amide bonds. The van der Waals surface area contributed by atoms with E-state index in [-0.39, 0.29) is 0 Å². The van der Waals surface area contributed by atoms with Crippen molar-refractivity contribution in [2.75, 3.05) is 18.4 Å². The van der Waals surface area contributed by atoms with Gasteiger partial charge in [0, 0.05) is 30.8 Å². The molecule has 0 aliphatic rings. The van der Waals surface area contributed by atoms with Crippen LogP contribution in [0.1, 0.15) is 31.3 Å². The van der Waals surface area contributed by atoms with Gasteiger partial charge in [-0.2, -0.15) is 0 Å². The van der Waals surface area contributed by atoms with E-state index in [1.54, 1.807) is 0 Å². The monoisotopic (exact) mass is 220 g/mol. The third kappa shape index (κ3) is 3.98. The number of nitrogens with zero attached hydrogens (tertiary/aromatic N) is 2. The Bertz CT molecular complexity index is 358. The first-order valence-corrected chi connectivity index (χ1v) is 5.58. The quantitative estimate of drug-likeness (QED) is 0.743. The topological polar surface area (TPSA) is 63.8 Å². The summed E-state index contributed by atoms with van der Waals surface area (Å²) in [5, 5.41) is 3.22.